The van der Waals surface area contributed by atoms with E-state index in [0.29, 0.717) is 31.8 Å². The third-order valence-electron chi connectivity index (χ3n) is 3.06. The third-order valence-corrected chi connectivity index (χ3v) is 3.06. The monoisotopic (exact) mass is 250 g/mol. The molecule has 98 valence electrons. The molecular weight excluding hydrogens is 232 g/mol. The summed E-state index contributed by atoms with van der Waals surface area (Å²) in [6, 6.07) is 7.40. The van der Waals surface area contributed by atoms with Gasteiger partial charge < -0.3 is 20.5 Å². The van der Waals surface area contributed by atoms with Crippen molar-refractivity contribution in [2.24, 2.45) is 5.73 Å². The second-order valence-corrected chi connectivity index (χ2v) is 4.38. The maximum absolute atomic E-state index is 11.8. The molecule has 0 aliphatic carbocycles. The minimum absolute atomic E-state index is 0.0102. The van der Waals surface area contributed by atoms with Gasteiger partial charge in [0.2, 0.25) is 0 Å². The zero-order valence-electron chi connectivity index (χ0n) is 10.2. The number of nitrogens with two attached hydrogens (primary N) is 1. The number of amides is 1. The first-order valence-electron chi connectivity index (χ1n) is 6.07. The number of aliphatic hydroxyl groups excluding tert-OH is 1. The van der Waals surface area contributed by atoms with Crippen molar-refractivity contribution in [3.8, 4) is 5.75 Å². The van der Waals surface area contributed by atoms with E-state index in [4.69, 9.17) is 10.5 Å². The molecule has 1 fully saturated rings. The Morgan fingerprint density at radius 2 is 2.28 bits per heavy atom. The van der Waals surface area contributed by atoms with E-state index in [9.17, 15) is 9.90 Å². The third kappa shape index (κ3) is 3.00. The Labute approximate surface area is 106 Å². The molecule has 3 N–H and O–H groups in total. The summed E-state index contributed by atoms with van der Waals surface area (Å²) >= 11 is 0. The van der Waals surface area contributed by atoms with E-state index in [0.717, 1.165) is 5.56 Å². The van der Waals surface area contributed by atoms with Gasteiger partial charge in [0.1, 0.15) is 5.75 Å². The molecule has 1 heterocycles. The van der Waals surface area contributed by atoms with Crippen LogP contribution in [0, 0.1) is 0 Å². The van der Waals surface area contributed by atoms with Crippen LogP contribution >= 0.6 is 0 Å². The zero-order chi connectivity index (χ0) is 13.0. The van der Waals surface area contributed by atoms with Gasteiger partial charge in [0, 0.05) is 25.2 Å². The summed E-state index contributed by atoms with van der Waals surface area (Å²) in [4.78, 5) is 13.4. The fraction of sp³-hybridized carbons (Fsp3) is 0.462. The molecule has 5 heteroatoms. The van der Waals surface area contributed by atoms with Gasteiger partial charge >= 0.3 is 0 Å². The zero-order valence-corrected chi connectivity index (χ0v) is 10.2. The van der Waals surface area contributed by atoms with Crippen molar-refractivity contribution in [3.05, 3.63) is 29.8 Å². The normalized spacial score (nSPS) is 19.0. The number of carbonyl (C=O) groups excluding carboxylic acids is 1. The van der Waals surface area contributed by atoms with Crippen LogP contribution in [0.4, 0.5) is 0 Å². The summed E-state index contributed by atoms with van der Waals surface area (Å²) in [6.07, 6.45) is 0.246. The highest BCUT2D eigenvalue weighted by Crippen LogP contribution is 2.17. The first-order chi connectivity index (χ1) is 8.70. The lowest BCUT2D eigenvalue weighted by atomic mass is 10.2. The number of β-amino-alcohol motifs (C(OH)–C–C–N with tert-alkyl or cyclic N) is 1. The number of aliphatic hydroxyl groups is 1. The largest absolute Gasteiger partial charge is 0.483 e. The van der Waals surface area contributed by atoms with Gasteiger partial charge in [-0.25, -0.2) is 0 Å². The number of para-hydroxylation sites is 1. The molecule has 2 rings (SSSR count). The van der Waals surface area contributed by atoms with Gasteiger partial charge in [-0.15, -0.1) is 0 Å². The van der Waals surface area contributed by atoms with E-state index in [1.54, 1.807) is 11.0 Å². The van der Waals surface area contributed by atoms with Crippen LogP contribution in [0.1, 0.15) is 12.0 Å². The van der Waals surface area contributed by atoms with Gasteiger partial charge in [0.15, 0.2) is 6.61 Å². The number of benzene rings is 1. The number of likely N-dealkylation sites (tertiary alicyclic amines) is 1. The van der Waals surface area contributed by atoms with Crippen LogP contribution in [0.3, 0.4) is 0 Å². The predicted molar refractivity (Wildman–Crippen MR) is 67.0 cm³/mol. The Morgan fingerprint density at radius 3 is 2.94 bits per heavy atom. The highest BCUT2D eigenvalue weighted by molar-refractivity contribution is 5.78. The van der Waals surface area contributed by atoms with Crippen LogP contribution in [-0.2, 0) is 11.3 Å². The van der Waals surface area contributed by atoms with Crippen molar-refractivity contribution < 1.29 is 14.6 Å². The Hall–Kier alpha value is -1.59. The SMILES string of the molecule is NCc1ccccc1OCC(=O)N1CCC(O)C1. The lowest BCUT2D eigenvalue weighted by Gasteiger charge is -2.16. The van der Waals surface area contributed by atoms with E-state index >= 15 is 0 Å². The Kier molecular flexibility index (Phi) is 4.17. The predicted octanol–water partition coefficient (Wildman–Crippen LogP) is 0.117. The average Bonchev–Trinajstić information content (AvgIpc) is 2.83. The van der Waals surface area contributed by atoms with Crippen molar-refractivity contribution in [2.45, 2.75) is 19.1 Å². The molecule has 0 radical (unpaired) electrons. The van der Waals surface area contributed by atoms with Gasteiger partial charge in [0.25, 0.3) is 5.91 Å². The molecule has 5 nitrogen and oxygen atoms in total. The van der Waals surface area contributed by atoms with E-state index in [2.05, 4.69) is 0 Å². The highest BCUT2D eigenvalue weighted by atomic mass is 16.5. The standard InChI is InChI=1S/C13H18N2O3/c14-7-10-3-1-2-4-12(10)18-9-13(17)15-6-5-11(16)8-15/h1-4,11,16H,5-9,14H2. The van der Waals surface area contributed by atoms with Gasteiger partial charge in [-0.1, -0.05) is 18.2 Å². The van der Waals surface area contributed by atoms with Crippen LogP contribution in [0.15, 0.2) is 24.3 Å². The van der Waals surface area contributed by atoms with Crippen molar-refractivity contribution in [1.29, 1.82) is 0 Å². The molecule has 1 aliphatic heterocycles. The summed E-state index contributed by atoms with van der Waals surface area (Å²) < 4.78 is 5.48. The van der Waals surface area contributed by atoms with Crippen LogP contribution in [-0.4, -0.2) is 41.7 Å². The summed E-state index contributed by atoms with van der Waals surface area (Å²) in [6.45, 7) is 1.37. The Balaban J connectivity index is 1.89. The minimum Gasteiger partial charge on any atom is -0.483 e. The molecule has 1 aromatic rings. The molecule has 1 amide bonds. The molecule has 1 aromatic carbocycles. The number of ether oxygens (including phenoxy) is 1. The van der Waals surface area contributed by atoms with Crippen LogP contribution in [0.25, 0.3) is 0 Å². The van der Waals surface area contributed by atoms with Crippen molar-refractivity contribution in [1.82, 2.24) is 4.90 Å². The summed E-state index contributed by atoms with van der Waals surface area (Å²) in [5.74, 6) is 0.548. The fourth-order valence-corrected chi connectivity index (χ4v) is 2.01. The second kappa shape index (κ2) is 5.84. The minimum atomic E-state index is -0.398. The lowest BCUT2D eigenvalue weighted by Crippen LogP contribution is -2.33. The lowest BCUT2D eigenvalue weighted by molar-refractivity contribution is -0.132. The van der Waals surface area contributed by atoms with Gasteiger partial charge in [-0.05, 0) is 12.5 Å². The smallest absolute Gasteiger partial charge is 0.260 e. The topological polar surface area (TPSA) is 75.8 Å². The second-order valence-electron chi connectivity index (χ2n) is 4.38. The van der Waals surface area contributed by atoms with Crippen molar-refractivity contribution in [3.63, 3.8) is 0 Å². The summed E-state index contributed by atoms with van der Waals surface area (Å²) in [5, 5.41) is 9.36. The van der Waals surface area contributed by atoms with Crippen LogP contribution in [0.5, 0.6) is 5.75 Å². The molecule has 1 atom stereocenters. The molecule has 0 aromatic heterocycles. The summed E-state index contributed by atoms with van der Waals surface area (Å²) in [5.41, 5.74) is 6.47. The van der Waals surface area contributed by atoms with E-state index in [1.165, 1.54) is 0 Å². The average molecular weight is 250 g/mol. The Morgan fingerprint density at radius 1 is 1.50 bits per heavy atom. The number of rotatable bonds is 4. The molecule has 1 aliphatic rings. The molecule has 0 spiro atoms. The number of nitrogens with zero attached hydrogens (tertiary/aromatic N) is 1. The highest BCUT2D eigenvalue weighted by Gasteiger charge is 2.24. The number of hydrogen-bond acceptors (Lipinski definition) is 4. The molecular formula is C13H18N2O3. The summed E-state index contributed by atoms with van der Waals surface area (Å²) in [7, 11) is 0. The maximum Gasteiger partial charge on any atom is 0.260 e. The first kappa shape index (κ1) is 12.9. The van der Waals surface area contributed by atoms with Crippen molar-refractivity contribution >= 4 is 5.91 Å². The molecule has 18 heavy (non-hydrogen) atoms. The van der Waals surface area contributed by atoms with Gasteiger partial charge in [-0.3, -0.25) is 4.79 Å². The first-order valence-corrected chi connectivity index (χ1v) is 6.07. The quantitative estimate of drug-likeness (QED) is 0.795. The van der Waals surface area contributed by atoms with Crippen molar-refractivity contribution in [2.75, 3.05) is 19.7 Å². The van der Waals surface area contributed by atoms with Crippen LogP contribution < -0.4 is 10.5 Å². The van der Waals surface area contributed by atoms with Crippen LogP contribution in [0.2, 0.25) is 0 Å². The molecule has 0 bridgehead atoms. The Bertz CT molecular complexity index is 422. The molecule has 0 saturated carbocycles. The number of carbonyl (C=O) groups is 1. The molecule has 1 unspecified atom stereocenters. The maximum atomic E-state index is 11.8. The fourth-order valence-electron chi connectivity index (χ4n) is 2.01. The van der Waals surface area contributed by atoms with E-state index in [-0.39, 0.29) is 12.5 Å². The van der Waals surface area contributed by atoms with E-state index < -0.39 is 6.10 Å². The van der Waals surface area contributed by atoms with E-state index in [1.807, 2.05) is 18.2 Å². The molecule has 1 saturated heterocycles. The van der Waals surface area contributed by atoms with Gasteiger partial charge in [0.05, 0.1) is 6.10 Å². The number of hydrogen-bond donors (Lipinski definition) is 2. The van der Waals surface area contributed by atoms with Gasteiger partial charge in [-0.2, -0.15) is 0 Å².